The van der Waals surface area contributed by atoms with Crippen molar-refractivity contribution >= 4 is 5.96 Å². The van der Waals surface area contributed by atoms with E-state index in [1.165, 1.54) is 0 Å². The number of guanidine groups is 1. The fraction of sp³-hybridized carbons (Fsp3) is 0.857. The normalized spacial score (nSPS) is 25.5. The molecule has 1 rings (SSSR count). The molecule has 1 fully saturated rings. The van der Waals surface area contributed by atoms with Crippen molar-refractivity contribution in [2.45, 2.75) is 19.4 Å². The summed E-state index contributed by atoms with van der Waals surface area (Å²) >= 11 is 0. The first kappa shape index (κ1) is 8.33. The molecule has 11 heavy (non-hydrogen) atoms. The lowest BCUT2D eigenvalue weighted by molar-refractivity contribution is 0.192. The van der Waals surface area contributed by atoms with Gasteiger partial charge in [-0.2, -0.15) is 0 Å². The van der Waals surface area contributed by atoms with E-state index in [4.69, 9.17) is 10.5 Å². The highest BCUT2D eigenvalue weighted by molar-refractivity contribution is 5.78. The Kier molecular flexibility index (Phi) is 3.16. The minimum absolute atomic E-state index is 0.366. The standard InChI is InChI=1S/C7H15N3O/c1-2-9-7(8)10-6-3-4-11-5-6/h6H,2-5H2,1H3,(H3,8,9,10). The Balaban J connectivity index is 2.23. The Hall–Kier alpha value is -0.770. The van der Waals surface area contributed by atoms with Gasteiger partial charge in [0.05, 0.1) is 12.6 Å². The SMILES string of the molecule is CCN=C(N)NC1CCOC1. The number of hydrogen-bond donors (Lipinski definition) is 2. The van der Waals surface area contributed by atoms with Crippen LogP contribution < -0.4 is 11.1 Å². The Labute approximate surface area is 66.8 Å². The molecule has 64 valence electrons. The summed E-state index contributed by atoms with van der Waals surface area (Å²) in [6, 6.07) is 0.366. The van der Waals surface area contributed by atoms with Crippen LogP contribution in [-0.2, 0) is 4.74 Å². The molecule has 1 unspecified atom stereocenters. The van der Waals surface area contributed by atoms with Crippen LogP contribution in [0.25, 0.3) is 0 Å². The van der Waals surface area contributed by atoms with Crippen molar-refractivity contribution in [3.63, 3.8) is 0 Å². The Morgan fingerprint density at radius 3 is 3.18 bits per heavy atom. The summed E-state index contributed by atoms with van der Waals surface area (Å²) in [5, 5.41) is 3.08. The predicted octanol–water partition coefficient (Wildman–Crippen LogP) is -0.300. The number of hydrogen-bond acceptors (Lipinski definition) is 2. The van der Waals surface area contributed by atoms with Crippen LogP contribution in [0.4, 0.5) is 0 Å². The van der Waals surface area contributed by atoms with Gasteiger partial charge < -0.3 is 15.8 Å². The predicted molar refractivity (Wildman–Crippen MR) is 44.5 cm³/mol. The summed E-state index contributed by atoms with van der Waals surface area (Å²) in [4.78, 5) is 4.02. The van der Waals surface area contributed by atoms with Gasteiger partial charge in [0.15, 0.2) is 5.96 Å². The van der Waals surface area contributed by atoms with Crippen LogP contribution in [0, 0.1) is 0 Å². The van der Waals surface area contributed by atoms with Crippen molar-refractivity contribution in [1.29, 1.82) is 0 Å². The highest BCUT2D eigenvalue weighted by Gasteiger charge is 2.14. The second-order valence-corrected chi connectivity index (χ2v) is 2.56. The van der Waals surface area contributed by atoms with Crippen LogP contribution in [0.1, 0.15) is 13.3 Å². The van der Waals surface area contributed by atoms with E-state index >= 15 is 0 Å². The lowest BCUT2D eigenvalue weighted by Crippen LogP contribution is -2.40. The van der Waals surface area contributed by atoms with Gasteiger partial charge in [0.25, 0.3) is 0 Å². The highest BCUT2D eigenvalue weighted by Crippen LogP contribution is 2.02. The van der Waals surface area contributed by atoms with Gasteiger partial charge in [0.1, 0.15) is 0 Å². The number of rotatable bonds is 2. The molecular weight excluding hydrogens is 142 g/mol. The third-order valence-corrected chi connectivity index (χ3v) is 1.61. The summed E-state index contributed by atoms with van der Waals surface area (Å²) in [6.07, 6.45) is 1.03. The molecule has 0 amide bonds. The zero-order valence-corrected chi connectivity index (χ0v) is 6.84. The molecule has 0 aromatic rings. The van der Waals surface area contributed by atoms with Crippen LogP contribution in [0.5, 0.6) is 0 Å². The summed E-state index contributed by atoms with van der Waals surface area (Å²) in [6.45, 7) is 4.27. The smallest absolute Gasteiger partial charge is 0.188 e. The number of aliphatic imine (C=N–C) groups is 1. The van der Waals surface area contributed by atoms with E-state index in [0.717, 1.165) is 26.2 Å². The quantitative estimate of drug-likeness (QED) is 0.427. The van der Waals surface area contributed by atoms with Crippen LogP contribution in [0.3, 0.4) is 0 Å². The molecule has 3 N–H and O–H groups in total. The average molecular weight is 157 g/mol. The second-order valence-electron chi connectivity index (χ2n) is 2.56. The lowest BCUT2D eigenvalue weighted by Gasteiger charge is -2.09. The summed E-state index contributed by atoms with van der Waals surface area (Å²) < 4.78 is 5.16. The van der Waals surface area contributed by atoms with Gasteiger partial charge in [0.2, 0.25) is 0 Å². The molecule has 1 heterocycles. The molecule has 4 heteroatoms. The van der Waals surface area contributed by atoms with Gasteiger partial charge in [-0.1, -0.05) is 0 Å². The number of nitrogens with two attached hydrogens (primary N) is 1. The van der Waals surface area contributed by atoms with Crippen molar-refractivity contribution in [3.05, 3.63) is 0 Å². The Morgan fingerprint density at radius 2 is 2.64 bits per heavy atom. The first-order valence-corrected chi connectivity index (χ1v) is 3.97. The number of ether oxygens (including phenoxy) is 1. The molecule has 1 atom stereocenters. The summed E-state index contributed by atoms with van der Waals surface area (Å²) in [7, 11) is 0. The minimum atomic E-state index is 0.366. The third-order valence-electron chi connectivity index (χ3n) is 1.61. The van der Waals surface area contributed by atoms with E-state index in [-0.39, 0.29) is 0 Å². The van der Waals surface area contributed by atoms with Crippen LogP contribution in [-0.4, -0.2) is 31.8 Å². The summed E-state index contributed by atoms with van der Waals surface area (Å²) in [5.41, 5.74) is 5.55. The molecular formula is C7H15N3O. The zero-order chi connectivity index (χ0) is 8.10. The second kappa shape index (κ2) is 4.18. The lowest BCUT2D eigenvalue weighted by atomic mass is 10.3. The molecule has 1 aliphatic rings. The van der Waals surface area contributed by atoms with Crippen LogP contribution in [0.15, 0.2) is 4.99 Å². The summed E-state index contributed by atoms with van der Waals surface area (Å²) in [5.74, 6) is 0.531. The molecule has 4 nitrogen and oxygen atoms in total. The van der Waals surface area contributed by atoms with Crippen molar-refractivity contribution in [3.8, 4) is 0 Å². The van der Waals surface area contributed by atoms with Crippen LogP contribution in [0.2, 0.25) is 0 Å². The molecule has 0 aromatic carbocycles. The van der Waals surface area contributed by atoms with E-state index in [1.807, 2.05) is 6.92 Å². The molecule has 0 radical (unpaired) electrons. The van der Waals surface area contributed by atoms with E-state index in [9.17, 15) is 0 Å². The van der Waals surface area contributed by atoms with Gasteiger partial charge in [0, 0.05) is 13.2 Å². The van der Waals surface area contributed by atoms with E-state index < -0.39 is 0 Å². The van der Waals surface area contributed by atoms with Gasteiger partial charge in [-0.05, 0) is 13.3 Å². The Morgan fingerprint density at radius 1 is 1.82 bits per heavy atom. The maximum absolute atomic E-state index is 5.55. The molecule has 1 aliphatic heterocycles. The van der Waals surface area contributed by atoms with Crippen LogP contribution >= 0.6 is 0 Å². The average Bonchev–Trinajstić information content (AvgIpc) is 2.40. The fourth-order valence-corrected chi connectivity index (χ4v) is 1.07. The van der Waals surface area contributed by atoms with Crippen molar-refractivity contribution in [2.75, 3.05) is 19.8 Å². The first-order chi connectivity index (χ1) is 5.33. The van der Waals surface area contributed by atoms with E-state index in [0.29, 0.717) is 12.0 Å². The first-order valence-electron chi connectivity index (χ1n) is 3.97. The van der Waals surface area contributed by atoms with Crippen molar-refractivity contribution < 1.29 is 4.74 Å². The number of nitrogens with zero attached hydrogens (tertiary/aromatic N) is 1. The van der Waals surface area contributed by atoms with Crippen molar-refractivity contribution in [2.24, 2.45) is 10.7 Å². The Bertz CT molecular complexity index is 141. The fourth-order valence-electron chi connectivity index (χ4n) is 1.07. The zero-order valence-electron chi connectivity index (χ0n) is 6.84. The molecule has 0 saturated carbocycles. The molecule has 0 aromatic heterocycles. The molecule has 1 saturated heterocycles. The molecule has 0 bridgehead atoms. The number of nitrogens with one attached hydrogen (secondary N) is 1. The molecule has 0 aliphatic carbocycles. The highest BCUT2D eigenvalue weighted by atomic mass is 16.5. The molecule has 0 spiro atoms. The minimum Gasteiger partial charge on any atom is -0.379 e. The monoisotopic (exact) mass is 157 g/mol. The van der Waals surface area contributed by atoms with E-state index in [1.54, 1.807) is 0 Å². The van der Waals surface area contributed by atoms with Gasteiger partial charge in [-0.3, -0.25) is 4.99 Å². The van der Waals surface area contributed by atoms with Gasteiger partial charge in [-0.25, -0.2) is 0 Å². The maximum atomic E-state index is 5.55. The van der Waals surface area contributed by atoms with Gasteiger partial charge >= 0.3 is 0 Å². The van der Waals surface area contributed by atoms with Gasteiger partial charge in [-0.15, -0.1) is 0 Å². The topological polar surface area (TPSA) is 59.6 Å². The van der Waals surface area contributed by atoms with Crippen molar-refractivity contribution in [1.82, 2.24) is 5.32 Å². The third kappa shape index (κ3) is 2.76. The maximum Gasteiger partial charge on any atom is 0.188 e. The largest absolute Gasteiger partial charge is 0.379 e. The van der Waals surface area contributed by atoms with E-state index in [2.05, 4.69) is 10.3 Å².